The second-order valence-electron chi connectivity index (χ2n) is 4.63. The van der Waals surface area contributed by atoms with Crippen LogP contribution in [-0.4, -0.2) is 11.0 Å². The first-order valence-corrected chi connectivity index (χ1v) is 5.97. The Morgan fingerprint density at radius 1 is 1.35 bits per heavy atom. The van der Waals surface area contributed by atoms with Gasteiger partial charge in [-0.05, 0) is 22.9 Å². The number of benzene rings is 1. The molecule has 2 N–H and O–H groups in total. The largest absolute Gasteiger partial charge is 0.361 e. The van der Waals surface area contributed by atoms with Gasteiger partial charge in [0.05, 0.1) is 6.04 Å². The Kier molecular flexibility index (Phi) is 3.51. The van der Waals surface area contributed by atoms with Gasteiger partial charge in [-0.15, -0.1) is 6.42 Å². The van der Waals surface area contributed by atoms with Gasteiger partial charge in [0.1, 0.15) is 0 Å². The third-order valence-electron chi connectivity index (χ3n) is 3.03. The van der Waals surface area contributed by atoms with E-state index < -0.39 is 0 Å². The lowest BCUT2D eigenvalue weighted by Gasteiger charge is -2.16. The third-order valence-corrected chi connectivity index (χ3v) is 3.03. The van der Waals surface area contributed by atoms with Crippen LogP contribution < -0.4 is 5.32 Å². The molecule has 0 radical (unpaired) electrons. The van der Waals surface area contributed by atoms with E-state index in [1.54, 1.807) is 0 Å². The quantitative estimate of drug-likeness (QED) is 0.771. The van der Waals surface area contributed by atoms with Crippen molar-refractivity contribution in [3.63, 3.8) is 0 Å². The summed E-state index contributed by atoms with van der Waals surface area (Å²) in [5.41, 5.74) is 2.45. The molecule has 2 nitrogen and oxygen atoms in total. The Labute approximate surface area is 102 Å². The predicted molar refractivity (Wildman–Crippen MR) is 72.6 cm³/mol. The fourth-order valence-corrected chi connectivity index (χ4v) is 2.00. The molecule has 0 aliphatic heterocycles. The number of hydrogen-bond donors (Lipinski definition) is 2. The highest BCUT2D eigenvalue weighted by molar-refractivity contribution is 5.82. The summed E-state index contributed by atoms with van der Waals surface area (Å²) in [6, 6.07) is 8.52. The standard InChI is InChI=1S/C15H18N2/c1-4-14(11(2)3)17-10-13-7-5-6-12-8-9-16-15(12)13/h1,5-9,11,14,16-17H,10H2,2-3H3. The molecule has 1 atom stereocenters. The molecule has 0 spiro atoms. The zero-order valence-corrected chi connectivity index (χ0v) is 10.3. The van der Waals surface area contributed by atoms with Crippen LogP contribution in [0.25, 0.3) is 10.9 Å². The number of fused-ring (bicyclic) bond motifs is 1. The molecule has 0 saturated heterocycles. The van der Waals surface area contributed by atoms with E-state index >= 15 is 0 Å². The van der Waals surface area contributed by atoms with Crippen molar-refractivity contribution in [1.29, 1.82) is 0 Å². The topological polar surface area (TPSA) is 27.8 Å². The van der Waals surface area contributed by atoms with E-state index in [2.05, 4.69) is 54.3 Å². The van der Waals surface area contributed by atoms with Gasteiger partial charge >= 0.3 is 0 Å². The average molecular weight is 226 g/mol. The Hall–Kier alpha value is -1.72. The molecule has 2 rings (SSSR count). The Morgan fingerprint density at radius 2 is 2.18 bits per heavy atom. The van der Waals surface area contributed by atoms with E-state index in [4.69, 9.17) is 6.42 Å². The molecule has 1 heterocycles. The number of rotatable bonds is 4. The van der Waals surface area contributed by atoms with Crippen molar-refractivity contribution in [1.82, 2.24) is 10.3 Å². The van der Waals surface area contributed by atoms with Crippen molar-refractivity contribution in [2.75, 3.05) is 0 Å². The monoisotopic (exact) mass is 226 g/mol. The van der Waals surface area contributed by atoms with E-state index in [1.807, 2.05) is 6.20 Å². The van der Waals surface area contributed by atoms with Gasteiger partial charge in [-0.1, -0.05) is 38.0 Å². The number of H-pyrrole nitrogens is 1. The molecule has 0 saturated carbocycles. The fraction of sp³-hybridized carbons (Fsp3) is 0.333. The SMILES string of the molecule is C#CC(NCc1cccc2cc[nH]c12)C(C)C. The molecule has 17 heavy (non-hydrogen) atoms. The number of para-hydroxylation sites is 1. The number of aromatic amines is 1. The molecule has 0 amide bonds. The van der Waals surface area contributed by atoms with Crippen molar-refractivity contribution in [2.45, 2.75) is 26.4 Å². The van der Waals surface area contributed by atoms with E-state index in [-0.39, 0.29) is 6.04 Å². The van der Waals surface area contributed by atoms with Crippen LogP contribution in [0.1, 0.15) is 19.4 Å². The van der Waals surface area contributed by atoms with Gasteiger partial charge in [0.15, 0.2) is 0 Å². The van der Waals surface area contributed by atoms with Crippen LogP contribution in [0.5, 0.6) is 0 Å². The summed E-state index contributed by atoms with van der Waals surface area (Å²) in [4.78, 5) is 3.27. The van der Waals surface area contributed by atoms with Gasteiger partial charge in [-0.2, -0.15) is 0 Å². The van der Waals surface area contributed by atoms with Crippen LogP contribution in [0.3, 0.4) is 0 Å². The van der Waals surface area contributed by atoms with Crippen LogP contribution >= 0.6 is 0 Å². The summed E-state index contributed by atoms with van der Waals surface area (Å²) in [6.07, 6.45) is 7.48. The normalized spacial score (nSPS) is 12.8. The molecule has 1 unspecified atom stereocenters. The summed E-state index contributed by atoms with van der Waals surface area (Å²) < 4.78 is 0. The molecule has 2 aromatic rings. The minimum Gasteiger partial charge on any atom is -0.361 e. The maximum absolute atomic E-state index is 5.51. The molecule has 88 valence electrons. The number of terminal acetylenes is 1. The van der Waals surface area contributed by atoms with Gasteiger partial charge in [-0.25, -0.2) is 0 Å². The van der Waals surface area contributed by atoms with E-state index in [0.717, 1.165) is 6.54 Å². The molecule has 2 heteroatoms. The van der Waals surface area contributed by atoms with Gasteiger partial charge < -0.3 is 4.98 Å². The van der Waals surface area contributed by atoms with Crippen molar-refractivity contribution in [2.24, 2.45) is 5.92 Å². The number of nitrogens with one attached hydrogen (secondary N) is 2. The first-order valence-electron chi connectivity index (χ1n) is 5.97. The predicted octanol–water partition coefficient (Wildman–Crippen LogP) is 2.92. The van der Waals surface area contributed by atoms with E-state index in [1.165, 1.54) is 16.5 Å². The van der Waals surface area contributed by atoms with Crippen molar-refractivity contribution in [3.8, 4) is 12.3 Å². The van der Waals surface area contributed by atoms with E-state index in [0.29, 0.717) is 5.92 Å². The second kappa shape index (κ2) is 5.07. The summed E-state index contributed by atoms with van der Waals surface area (Å²) in [5, 5.41) is 4.65. The summed E-state index contributed by atoms with van der Waals surface area (Å²) in [5.74, 6) is 3.24. The van der Waals surface area contributed by atoms with Crippen molar-refractivity contribution in [3.05, 3.63) is 36.0 Å². The average Bonchev–Trinajstić information content (AvgIpc) is 2.78. The minimum absolute atomic E-state index is 0.125. The molecule has 1 aromatic heterocycles. The number of hydrogen-bond acceptors (Lipinski definition) is 1. The minimum atomic E-state index is 0.125. The molecular formula is C15H18N2. The molecule has 0 aliphatic rings. The van der Waals surface area contributed by atoms with Crippen LogP contribution in [0.4, 0.5) is 0 Å². The van der Waals surface area contributed by atoms with Crippen LogP contribution in [-0.2, 0) is 6.54 Å². The molecule has 0 fully saturated rings. The lowest BCUT2D eigenvalue weighted by Crippen LogP contribution is -2.31. The fourth-order valence-electron chi connectivity index (χ4n) is 2.00. The maximum atomic E-state index is 5.51. The first kappa shape index (κ1) is 11.8. The maximum Gasteiger partial charge on any atom is 0.0712 e. The highest BCUT2D eigenvalue weighted by atomic mass is 14.9. The van der Waals surface area contributed by atoms with Crippen LogP contribution in [0, 0.1) is 18.3 Å². The van der Waals surface area contributed by atoms with Crippen LogP contribution in [0.15, 0.2) is 30.5 Å². The Bertz CT molecular complexity index is 531. The molecule has 0 bridgehead atoms. The first-order chi connectivity index (χ1) is 8.22. The highest BCUT2D eigenvalue weighted by Crippen LogP contribution is 2.17. The van der Waals surface area contributed by atoms with Gasteiger partial charge in [0, 0.05) is 18.3 Å². The summed E-state index contributed by atoms with van der Waals surface area (Å²) in [7, 11) is 0. The van der Waals surface area contributed by atoms with Crippen molar-refractivity contribution >= 4 is 10.9 Å². The summed E-state index contributed by atoms with van der Waals surface area (Å²) in [6.45, 7) is 5.06. The third kappa shape index (κ3) is 2.51. The molecule has 1 aromatic carbocycles. The second-order valence-corrected chi connectivity index (χ2v) is 4.63. The zero-order chi connectivity index (χ0) is 12.3. The number of aromatic nitrogens is 1. The Morgan fingerprint density at radius 3 is 2.88 bits per heavy atom. The zero-order valence-electron chi connectivity index (χ0n) is 10.3. The lowest BCUT2D eigenvalue weighted by atomic mass is 10.0. The van der Waals surface area contributed by atoms with Crippen molar-refractivity contribution < 1.29 is 0 Å². The highest BCUT2D eigenvalue weighted by Gasteiger charge is 2.09. The molecule has 0 aliphatic carbocycles. The smallest absolute Gasteiger partial charge is 0.0712 e. The van der Waals surface area contributed by atoms with E-state index in [9.17, 15) is 0 Å². The van der Waals surface area contributed by atoms with Gasteiger partial charge in [0.25, 0.3) is 0 Å². The lowest BCUT2D eigenvalue weighted by molar-refractivity contribution is 0.476. The van der Waals surface area contributed by atoms with Gasteiger partial charge in [0.2, 0.25) is 0 Å². The Balaban J connectivity index is 2.14. The summed E-state index contributed by atoms with van der Waals surface area (Å²) >= 11 is 0. The van der Waals surface area contributed by atoms with Crippen LogP contribution in [0.2, 0.25) is 0 Å². The van der Waals surface area contributed by atoms with Gasteiger partial charge in [-0.3, -0.25) is 5.32 Å². The molecular weight excluding hydrogens is 208 g/mol.